The van der Waals surface area contributed by atoms with Gasteiger partial charge in [0.15, 0.2) is 0 Å². The number of hydrogen-bond acceptors (Lipinski definition) is 3. The van der Waals surface area contributed by atoms with Gasteiger partial charge in [0.05, 0.1) is 6.42 Å². The molecule has 1 heterocycles. The largest absolute Gasteiger partial charge is 0.361 e. The molecule has 3 aromatic rings. The van der Waals surface area contributed by atoms with Crippen molar-refractivity contribution in [3.63, 3.8) is 0 Å². The average molecular weight is 441 g/mol. The summed E-state index contributed by atoms with van der Waals surface area (Å²) in [6.45, 7) is 1.05. The molecule has 0 saturated carbocycles. The Bertz CT molecular complexity index is 915. The normalized spacial score (nSPS) is 11.4. The van der Waals surface area contributed by atoms with Crippen molar-refractivity contribution in [2.45, 2.75) is 25.3 Å². The van der Waals surface area contributed by atoms with E-state index in [0.29, 0.717) is 13.1 Å². The second kappa shape index (κ2) is 11.8. The Balaban J connectivity index is 0.00000210. The highest BCUT2D eigenvalue weighted by atomic mass is 35.5. The first-order chi connectivity index (χ1) is 13.1. The molecule has 1 atom stereocenters. The number of nitrogens with one attached hydrogen (secondary N) is 2. The fraction of sp³-hybridized carbons (Fsp3) is 0.286. The van der Waals surface area contributed by atoms with Crippen LogP contribution < -0.4 is 16.8 Å². The molecule has 0 fully saturated rings. The van der Waals surface area contributed by atoms with Crippen molar-refractivity contribution in [2.24, 2.45) is 11.5 Å². The Morgan fingerprint density at radius 2 is 1.79 bits per heavy atom. The summed E-state index contributed by atoms with van der Waals surface area (Å²) in [5.41, 5.74) is 15.2. The number of rotatable bonds is 8. The molecule has 29 heavy (non-hydrogen) atoms. The van der Waals surface area contributed by atoms with Gasteiger partial charge in [0.25, 0.3) is 0 Å². The predicted octanol–water partition coefficient (Wildman–Crippen LogP) is 3.54. The zero-order valence-electron chi connectivity index (χ0n) is 16.0. The number of fused-ring (bicyclic) bond motifs is 1. The van der Waals surface area contributed by atoms with Crippen LogP contribution in [0, 0.1) is 5.82 Å². The van der Waals surface area contributed by atoms with Crippen LogP contribution >= 0.6 is 24.8 Å². The second-order valence-corrected chi connectivity index (χ2v) is 6.75. The second-order valence-electron chi connectivity index (χ2n) is 6.75. The van der Waals surface area contributed by atoms with Gasteiger partial charge in [0.2, 0.25) is 5.91 Å². The molecule has 1 unspecified atom stereocenters. The van der Waals surface area contributed by atoms with Gasteiger partial charge in [0.1, 0.15) is 5.82 Å². The number of halogens is 3. The molecule has 0 aliphatic rings. The van der Waals surface area contributed by atoms with Crippen LogP contribution in [0.2, 0.25) is 0 Å². The number of aromatic nitrogens is 1. The Labute approximate surface area is 182 Å². The summed E-state index contributed by atoms with van der Waals surface area (Å²) in [7, 11) is 0. The lowest BCUT2D eigenvalue weighted by molar-refractivity contribution is -0.120. The molecule has 6 N–H and O–H groups in total. The number of benzene rings is 2. The van der Waals surface area contributed by atoms with Crippen molar-refractivity contribution in [1.29, 1.82) is 0 Å². The molecule has 2 aromatic carbocycles. The molecule has 1 amide bonds. The number of amides is 1. The van der Waals surface area contributed by atoms with Gasteiger partial charge in [0, 0.05) is 29.7 Å². The first-order valence-electron chi connectivity index (χ1n) is 9.15. The molecule has 0 aliphatic heterocycles. The van der Waals surface area contributed by atoms with Crippen LogP contribution in [0.25, 0.3) is 22.0 Å². The van der Waals surface area contributed by atoms with Crippen LogP contribution in [0.5, 0.6) is 0 Å². The van der Waals surface area contributed by atoms with Crippen molar-refractivity contribution in [1.82, 2.24) is 10.3 Å². The maximum absolute atomic E-state index is 13.1. The van der Waals surface area contributed by atoms with E-state index in [2.05, 4.69) is 10.3 Å². The quantitative estimate of drug-likeness (QED) is 0.431. The van der Waals surface area contributed by atoms with Gasteiger partial charge >= 0.3 is 0 Å². The summed E-state index contributed by atoms with van der Waals surface area (Å²) in [4.78, 5) is 15.5. The SMILES string of the molecule is Cl.Cl.NCCCC(N)CNC(=O)Cc1c[nH]c2ccc(-c3ccc(F)cc3)cc12. The molecule has 1 aromatic heterocycles. The summed E-state index contributed by atoms with van der Waals surface area (Å²) in [6.07, 6.45) is 3.78. The summed E-state index contributed by atoms with van der Waals surface area (Å²) in [6, 6.07) is 12.3. The van der Waals surface area contributed by atoms with E-state index in [9.17, 15) is 9.18 Å². The molecule has 158 valence electrons. The maximum Gasteiger partial charge on any atom is 0.224 e. The highest BCUT2D eigenvalue weighted by Gasteiger charge is 2.11. The Morgan fingerprint density at radius 3 is 2.48 bits per heavy atom. The predicted molar refractivity (Wildman–Crippen MR) is 121 cm³/mol. The van der Waals surface area contributed by atoms with Crippen LogP contribution in [0.15, 0.2) is 48.7 Å². The zero-order valence-corrected chi connectivity index (χ0v) is 17.6. The van der Waals surface area contributed by atoms with Gasteiger partial charge < -0.3 is 21.8 Å². The van der Waals surface area contributed by atoms with Crippen LogP contribution in [0.1, 0.15) is 18.4 Å². The number of nitrogens with two attached hydrogens (primary N) is 2. The minimum atomic E-state index is -0.261. The molecule has 8 heteroatoms. The van der Waals surface area contributed by atoms with Crippen LogP contribution in [0.4, 0.5) is 4.39 Å². The van der Waals surface area contributed by atoms with E-state index < -0.39 is 0 Å². The zero-order chi connectivity index (χ0) is 19.2. The molecule has 0 saturated heterocycles. The number of carbonyl (C=O) groups is 1. The molecule has 5 nitrogen and oxygen atoms in total. The van der Waals surface area contributed by atoms with E-state index in [1.54, 1.807) is 12.1 Å². The molecule has 3 rings (SSSR count). The van der Waals surface area contributed by atoms with E-state index in [1.165, 1.54) is 12.1 Å². The number of aromatic amines is 1. The molecular formula is C21H27Cl2FN4O. The topological polar surface area (TPSA) is 96.9 Å². The van der Waals surface area contributed by atoms with Gasteiger partial charge in [-0.25, -0.2) is 4.39 Å². The van der Waals surface area contributed by atoms with Gasteiger partial charge in [-0.15, -0.1) is 24.8 Å². The minimum absolute atomic E-state index is 0. The van der Waals surface area contributed by atoms with Crippen molar-refractivity contribution in [2.75, 3.05) is 13.1 Å². The van der Waals surface area contributed by atoms with Crippen LogP contribution in [0.3, 0.4) is 0 Å². The lowest BCUT2D eigenvalue weighted by Gasteiger charge is -2.12. The Kier molecular flexibility index (Phi) is 10.1. The number of carbonyl (C=O) groups excluding carboxylic acids is 1. The van der Waals surface area contributed by atoms with E-state index in [4.69, 9.17) is 11.5 Å². The molecule has 0 aliphatic carbocycles. The third-order valence-electron chi connectivity index (χ3n) is 4.64. The fourth-order valence-electron chi connectivity index (χ4n) is 3.11. The summed E-state index contributed by atoms with van der Waals surface area (Å²) in [5.74, 6) is -0.324. The van der Waals surface area contributed by atoms with Gasteiger partial charge in [-0.05, 0) is 60.3 Å². The third kappa shape index (κ3) is 6.72. The third-order valence-corrected chi connectivity index (χ3v) is 4.64. The molecule has 0 spiro atoms. The smallest absolute Gasteiger partial charge is 0.224 e. The number of H-pyrrole nitrogens is 1. The average Bonchev–Trinajstić information content (AvgIpc) is 3.07. The molecular weight excluding hydrogens is 414 g/mol. The van der Waals surface area contributed by atoms with Crippen molar-refractivity contribution in [3.8, 4) is 11.1 Å². The minimum Gasteiger partial charge on any atom is -0.361 e. The Morgan fingerprint density at radius 1 is 1.10 bits per heavy atom. The van der Waals surface area contributed by atoms with Crippen molar-refractivity contribution < 1.29 is 9.18 Å². The van der Waals surface area contributed by atoms with E-state index in [0.717, 1.165) is 40.4 Å². The van der Waals surface area contributed by atoms with Crippen LogP contribution in [-0.2, 0) is 11.2 Å². The standard InChI is InChI=1S/C21H25FN4O.2ClH/c22-17-6-3-14(4-7-17)15-5-8-20-19(10-15)16(12-25-20)11-21(27)26-13-18(24)2-1-9-23;;/h3-8,10,12,18,25H,1-2,9,11,13,23-24H2,(H,26,27);2*1H. The van der Waals surface area contributed by atoms with E-state index in [1.807, 2.05) is 24.4 Å². The highest BCUT2D eigenvalue weighted by Crippen LogP contribution is 2.26. The fourth-order valence-corrected chi connectivity index (χ4v) is 3.11. The summed E-state index contributed by atoms with van der Waals surface area (Å²) < 4.78 is 13.1. The first-order valence-corrected chi connectivity index (χ1v) is 9.15. The van der Waals surface area contributed by atoms with Crippen molar-refractivity contribution in [3.05, 3.63) is 60.0 Å². The van der Waals surface area contributed by atoms with Crippen molar-refractivity contribution >= 4 is 41.6 Å². The van der Waals surface area contributed by atoms with Gasteiger partial charge in [-0.2, -0.15) is 0 Å². The highest BCUT2D eigenvalue weighted by molar-refractivity contribution is 5.91. The van der Waals surface area contributed by atoms with Gasteiger partial charge in [-0.3, -0.25) is 4.79 Å². The lowest BCUT2D eigenvalue weighted by Crippen LogP contribution is -2.38. The molecule has 0 bridgehead atoms. The maximum atomic E-state index is 13.1. The lowest BCUT2D eigenvalue weighted by atomic mass is 10.0. The van der Waals surface area contributed by atoms with E-state index >= 15 is 0 Å². The monoisotopic (exact) mass is 440 g/mol. The first kappa shape index (κ1) is 24.9. The van der Waals surface area contributed by atoms with E-state index in [-0.39, 0.29) is 49.0 Å². The van der Waals surface area contributed by atoms with Crippen LogP contribution in [-0.4, -0.2) is 30.0 Å². The van der Waals surface area contributed by atoms with Gasteiger partial charge in [-0.1, -0.05) is 18.2 Å². The Hall–Kier alpha value is -2.12. The number of hydrogen-bond donors (Lipinski definition) is 4. The summed E-state index contributed by atoms with van der Waals surface area (Å²) in [5, 5.41) is 3.87. The summed E-state index contributed by atoms with van der Waals surface area (Å²) >= 11 is 0. The molecule has 0 radical (unpaired) electrons.